The lowest BCUT2D eigenvalue weighted by molar-refractivity contribution is -0.0117. The van der Waals surface area contributed by atoms with Crippen LogP contribution in [0.2, 0.25) is 5.02 Å². The van der Waals surface area contributed by atoms with Crippen LogP contribution < -0.4 is 0 Å². The molecule has 0 aliphatic carbocycles. The first kappa shape index (κ1) is 16.7. The molecular weight excluding hydrogens is 312 g/mol. The lowest BCUT2D eigenvalue weighted by Crippen LogP contribution is -2.37. The van der Waals surface area contributed by atoms with Crippen LogP contribution in [0.15, 0.2) is 18.2 Å². The van der Waals surface area contributed by atoms with Crippen LogP contribution in [0.1, 0.15) is 30.4 Å². The van der Waals surface area contributed by atoms with Crippen molar-refractivity contribution in [3.63, 3.8) is 0 Å². The topological polar surface area (TPSA) is 45.5 Å². The molecule has 5 heteroatoms. The highest BCUT2D eigenvalue weighted by Crippen LogP contribution is 2.21. The number of ether oxygens (including phenoxy) is 2. The molecule has 4 nitrogen and oxygen atoms in total. The lowest BCUT2D eigenvalue weighted by Gasteiger charge is -2.32. The predicted octanol–water partition coefficient (Wildman–Crippen LogP) is 3.23. The van der Waals surface area contributed by atoms with Gasteiger partial charge in [-0.1, -0.05) is 17.7 Å². The summed E-state index contributed by atoms with van der Waals surface area (Å²) in [6, 6.07) is 7.81. The zero-order chi connectivity index (χ0) is 16.1. The Morgan fingerprint density at radius 3 is 2.83 bits per heavy atom. The molecule has 0 saturated carbocycles. The standard InChI is InChI=1S/C18H23ClN2O2/c19-17-2-1-15(16(9-17)10-20)11-21-6-3-18(4-7-21)23-13-14-5-8-22-12-14/h1-2,9,14,18H,3-8,11-13H2. The molecule has 23 heavy (non-hydrogen) atoms. The zero-order valence-corrected chi connectivity index (χ0v) is 14.1. The summed E-state index contributed by atoms with van der Waals surface area (Å²) in [5, 5.41) is 9.85. The van der Waals surface area contributed by atoms with Gasteiger partial charge in [0.25, 0.3) is 0 Å². The molecule has 0 spiro atoms. The van der Waals surface area contributed by atoms with Gasteiger partial charge in [0.15, 0.2) is 0 Å². The summed E-state index contributed by atoms with van der Waals surface area (Å²) in [6.07, 6.45) is 3.62. The molecule has 2 aliphatic heterocycles. The second kappa shape index (κ2) is 8.12. The van der Waals surface area contributed by atoms with E-state index in [9.17, 15) is 5.26 Å². The third-order valence-corrected chi connectivity index (χ3v) is 4.95. The van der Waals surface area contributed by atoms with Crippen molar-refractivity contribution in [1.29, 1.82) is 5.26 Å². The van der Waals surface area contributed by atoms with E-state index in [1.807, 2.05) is 12.1 Å². The monoisotopic (exact) mass is 334 g/mol. The zero-order valence-electron chi connectivity index (χ0n) is 13.3. The molecule has 0 N–H and O–H groups in total. The third kappa shape index (κ3) is 4.68. The van der Waals surface area contributed by atoms with E-state index in [1.165, 1.54) is 0 Å². The van der Waals surface area contributed by atoms with E-state index in [-0.39, 0.29) is 0 Å². The molecule has 1 atom stereocenters. The lowest BCUT2D eigenvalue weighted by atomic mass is 10.0. The van der Waals surface area contributed by atoms with E-state index in [2.05, 4.69) is 11.0 Å². The van der Waals surface area contributed by atoms with Crippen LogP contribution in [-0.2, 0) is 16.0 Å². The van der Waals surface area contributed by atoms with Gasteiger partial charge in [0.05, 0.1) is 31.0 Å². The molecule has 1 aromatic carbocycles. The van der Waals surface area contributed by atoms with Gasteiger partial charge in [0.2, 0.25) is 0 Å². The van der Waals surface area contributed by atoms with Crippen molar-refractivity contribution in [1.82, 2.24) is 4.90 Å². The molecule has 0 bridgehead atoms. The van der Waals surface area contributed by atoms with Gasteiger partial charge in [-0.25, -0.2) is 0 Å². The Kier molecular flexibility index (Phi) is 5.91. The molecule has 0 amide bonds. The molecule has 2 aliphatic rings. The Hall–Kier alpha value is -1.12. The Balaban J connectivity index is 1.45. The first-order valence-electron chi connectivity index (χ1n) is 8.35. The number of nitrogens with zero attached hydrogens (tertiary/aromatic N) is 2. The minimum atomic E-state index is 0.368. The van der Waals surface area contributed by atoms with Crippen molar-refractivity contribution in [2.24, 2.45) is 5.92 Å². The summed E-state index contributed by atoms with van der Waals surface area (Å²) in [5.41, 5.74) is 1.73. The Morgan fingerprint density at radius 1 is 1.30 bits per heavy atom. The fraction of sp³-hybridized carbons (Fsp3) is 0.611. The number of halogens is 1. The van der Waals surface area contributed by atoms with Crippen LogP contribution in [0.3, 0.4) is 0 Å². The molecule has 2 fully saturated rings. The normalized spacial score (nSPS) is 23.0. The number of benzene rings is 1. The molecule has 2 saturated heterocycles. The Morgan fingerprint density at radius 2 is 2.13 bits per heavy atom. The van der Waals surface area contributed by atoms with Gasteiger partial charge in [-0.2, -0.15) is 5.26 Å². The van der Waals surface area contributed by atoms with Crippen LogP contribution in [0.25, 0.3) is 0 Å². The molecule has 0 radical (unpaired) electrons. The van der Waals surface area contributed by atoms with Crippen LogP contribution in [0.4, 0.5) is 0 Å². The quantitative estimate of drug-likeness (QED) is 0.829. The van der Waals surface area contributed by atoms with Gasteiger partial charge < -0.3 is 9.47 Å². The van der Waals surface area contributed by atoms with Crippen LogP contribution in [0, 0.1) is 17.2 Å². The van der Waals surface area contributed by atoms with E-state index >= 15 is 0 Å². The molecule has 3 rings (SSSR count). The largest absolute Gasteiger partial charge is 0.381 e. The van der Waals surface area contributed by atoms with Gasteiger partial charge in [0.1, 0.15) is 0 Å². The highest BCUT2D eigenvalue weighted by atomic mass is 35.5. The minimum absolute atomic E-state index is 0.368. The van der Waals surface area contributed by atoms with Crippen molar-refractivity contribution in [2.45, 2.75) is 31.9 Å². The van der Waals surface area contributed by atoms with E-state index in [0.717, 1.165) is 64.3 Å². The molecular formula is C18H23ClN2O2. The summed E-state index contributed by atoms with van der Waals surface area (Å²) in [6.45, 7) is 5.41. The summed E-state index contributed by atoms with van der Waals surface area (Å²) in [4.78, 5) is 2.39. The number of hydrogen-bond acceptors (Lipinski definition) is 4. The fourth-order valence-electron chi connectivity index (χ4n) is 3.25. The maximum atomic E-state index is 9.23. The maximum Gasteiger partial charge on any atom is 0.0995 e. The van der Waals surface area contributed by atoms with E-state index in [1.54, 1.807) is 6.07 Å². The summed E-state index contributed by atoms with van der Waals surface area (Å²) in [5.74, 6) is 0.584. The first-order valence-corrected chi connectivity index (χ1v) is 8.72. The number of nitriles is 1. The van der Waals surface area contributed by atoms with Gasteiger partial charge in [-0.3, -0.25) is 4.90 Å². The number of rotatable bonds is 5. The summed E-state index contributed by atoms with van der Waals surface area (Å²) >= 11 is 5.96. The number of hydrogen-bond donors (Lipinski definition) is 0. The van der Waals surface area contributed by atoms with Gasteiger partial charge in [-0.05, 0) is 37.0 Å². The Labute approximate surface area is 142 Å². The molecule has 1 unspecified atom stereocenters. The minimum Gasteiger partial charge on any atom is -0.381 e. The number of piperidine rings is 1. The molecule has 1 aromatic rings. The molecule has 0 aromatic heterocycles. The van der Waals surface area contributed by atoms with Crippen LogP contribution in [-0.4, -0.2) is 43.9 Å². The van der Waals surface area contributed by atoms with Crippen molar-refractivity contribution < 1.29 is 9.47 Å². The van der Waals surface area contributed by atoms with Gasteiger partial charge >= 0.3 is 0 Å². The fourth-order valence-corrected chi connectivity index (χ4v) is 3.42. The molecule has 2 heterocycles. The second-order valence-electron chi connectivity index (χ2n) is 6.45. The first-order chi connectivity index (χ1) is 11.2. The van der Waals surface area contributed by atoms with Gasteiger partial charge in [-0.15, -0.1) is 0 Å². The van der Waals surface area contributed by atoms with E-state index < -0.39 is 0 Å². The highest BCUT2D eigenvalue weighted by molar-refractivity contribution is 6.30. The van der Waals surface area contributed by atoms with E-state index in [0.29, 0.717) is 22.6 Å². The van der Waals surface area contributed by atoms with E-state index in [4.69, 9.17) is 21.1 Å². The van der Waals surface area contributed by atoms with Crippen molar-refractivity contribution >= 4 is 11.6 Å². The molecule has 124 valence electrons. The second-order valence-corrected chi connectivity index (χ2v) is 6.89. The highest BCUT2D eigenvalue weighted by Gasteiger charge is 2.23. The van der Waals surface area contributed by atoms with Gasteiger partial charge in [0, 0.05) is 37.2 Å². The third-order valence-electron chi connectivity index (χ3n) is 4.71. The average Bonchev–Trinajstić information content (AvgIpc) is 3.09. The number of likely N-dealkylation sites (tertiary alicyclic amines) is 1. The Bertz CT molecular complexity index is 559. The summed E-state index contributed by atoms with van der Waals surface area (Å²) < 4.78 is 11.4. The predicted molar refractivity (Wildman–Crippen MR) is 89.3 cm³/mol. The van der Waals surface area contributed by atoms with Crippen LogP contribution >= 0.6 is 11.6 Å². The SMILES string of the molecule is N#Cc1cc(Cl)ccc1CN1CCC(OCC2CCOC2)CC1. The average molecular weight is 335 g/mol. The summed E-state index contributed by atoms with van der Waals surface area (Å²) in [7, 11) is 0. The van der Waals surface area contributed by atoms with Crippen molar-refractivity contribution in [3.8, 4) is 6.07 Å². The van der Waals surface area contributed by atoms with Crippen LogP contribution in [0.5, 0.6) is 0 Å². The smallest absolute Gasteiger partial charge is 0.0995 e. The van der Waals surface area contributed by atoms with Crippen molar-refractivity contribution in [3.05, 3.63) is 34.3 Å². The van der Waals surface area contributed by atoms with Crippen molar-refractivity contribution in [2.75, 3.05) is 32.9 Å². The maximum absolute atomic E-state index is 9.23.